The van der Waals surface area contributed by atoms with Crippen LogP contribution in [0.5, 0.6) is 0 Å². The zero-order valence-corrected chi connectivity index (χ0v) is 13.9. The molecule has 1 aliphatic rings. The van der Waals surface area contributed by atoms with Crippen molar-refractivity contribution in [1.29, 1.82) is 0 Å². The van der Waals surface area contributed by atoms with Gasteiger partial charge in [-0.25, -0.2) is 0 Å². The number of halogens is 1. The van der Waals surface area contributed by atoms with Crippen LogP contribution in [0.15, 0.2) is 9.85 Å². The molecule has 1 aromatic heterocycles. The number of hydrogen-bond donors (Lipinski definition) is 1. The van der Waals surface area contributed by atoms with Crippen LogP contribution in [0.25, 0.3) is 0 Å². The number of rotatable bonds is 6. The van der Waals surface area contributed by atoms with Gasteiger partial charge >= 0.3 is 0 Å². The standard InChI is InChI=1S/C15H24BrNS/c1-11(2)6-3-4-9-17-13-7-5-8-14-12(13)10-15(16)18-14/h10-11,13,17H,3-9H2,1-2H3. The maximum atomic E-state index is 3.75. The quantitative estimate of drug-likeness (QED) is 0.698. The summed E-state index contributed by atoms with van der Waals surface area (Å²) in [5.41, 5.74) is 1.56. The highest BCUT2D eigenvalue weighted by molar-refractivity contribution is 9.11. The molecule has 0 spiro atoms. The molecule has 1 unspecified atom stereocenters. The molecule has 0 aliphatic heterocycles. The minimum Gasteiger partial charge on any atom is -0.310 e. The van der Waals surface area contributed by atoms with Gasteiger partial charge in [-0.1, -0.05) is 26.7 Å². The number of nitrogens with one attached hydrogen (secondary N) is 1. The average Bonchev–Trinajstić information content (AvgIpc) is 2.69. The number of fused-ring (bicyclic) bond motifs is 1. The molecule has 2 rings (SSSR count). The van der Waals surface area contributed by atoms with Crippen molar-refractivity contribution in [3.8, 4) is 0 Å². The Bertz CT molecular complexity index is 373. The predicted molar refractivity (Wildman–Crippen MR) is 84.4 cm³/mol. The van der Waals surface area contributed by atoms with Crippen LogP contribution >= 0.6 is 27.3 Å². The number of unbranched alkanes of at least 4 members (excludes halogenated alkanes) is 1. The largest absolute Gasteiger partial charge is 0.310 e. The normalized spacial score (nSPS) is 19.2. The second-order valence-electron chi connectivity index (χ2n) is 5.72. The minimum atomic E-state index is 0.607. The summed E-state index contributed by atoms with van der Waals surface area (Å²) in [5.74, 6) is 0.846. The third kappa shape index (κ3) is 4.07. The topological polar surface area (TPSA) is 12.0 Å². The summed E-state index contributed by atoms with van der Waals surface area (Å²) in [6.45, 7) is 5.79. The Hall–Kier alpha value is 0.140. The molecule has 3 heteroatoms. The van der Waals surface area contributed by atoms with E-state index >= 15 is 0 Å². The molecule has 1 aromatic rings. The van der Waals surface area contributed by atoms with Crippen molar-refractivity contribution in [2.24, 2.45) is 5.92 Å². The monoisotopic (exact) mass is 329 g/mol. The number of aryl methyl sites for hydroxylation is 1. The van der Waals surface area contributed by atoms with Crippen LogP contribution in [-0.4, -0.2) is 6.54 Å². The molecule has 102 valence electrons. The molecule has 1 nitrogen and oxygen atoms in total. The highest BCUT2D eigenvalue weighted by atomic mass is 79.9. The molecule has 0 saturated carbocycles. The Kier molecular flexibility index (Phi) is 5.71. The zero-order chi connectivity index (χ0) is 13.0. The van der Waals surface area contributed by atoms with Crippen LogP contribution in [0, 0.1) is 5.92 Å². The molecule has 1 atom stereocenters. The van der Waals surface area contributed by atoms with E-state index in [2.05, 4.69) is 41.2 Å². The van der Waals surface area contributed by atoms with E-state index in [4.69, 9.17) is 0 Å². The zero-order valence-electron chi connectivity index (χ0n) is 11.5. The fraction of sp³-hybridized carbons (Fsp3) is 0.733. The van der Waals surface area contributed by atoms with Crippen molar-refractivity contribution >= 4 is 27.3 Å². The lowest BCUT2D eigenvalue weighted by atomic mass is 9.94. The van der Waals surface area contributed by atoms with Gasteiger partial charge in [-0.15, -0.1) is 11.3 Å². The Balaban J connectivity index is 1.77. The second-order valence-corrected chi connectivity index (χ2v) is 8.23. The van der Waals surface area contributed by atoms with Crippen LogP contribution in [0.4, 0.5) is 0 Å². The van der Waals surface area contributed by atoms with Crippen LogP contribution in [0.1, 0.15) is 62.4 Å². The third-order valence-electron chi connectivity index (χ3n) is 3.68. The Morgan fingerprint density at radius 3 is 3.06 bits per heavy atom. The maximum absolute atomic E-state index is 3.75. The molecule has 18 heavy (non-hydrogen) atoms. The van der Waals surface area contributed by atoms with Crippen LogP contribution < -0.4 is 5.32 Å². The first kappa shape index (κ1) is 14.5. The van der Waals surface area contributed by atoms with Gasteiger partial charge in [-0.2, -0.15) is 0 Å². The van der Waals surface area contributed by atoms with Crippen LogP contribution in [0.3, 0.4) is 0 Å². The molecule has 1 N–H and O–H groups in total. The van der Waals surface area contributed by atoms with Gasteiger partial charge in [-0.05, 0) is 65.7 Å². The first-order chi connectivity index (χ1) is 8.66. The van der Waals surface area contributed by atoms with Gasteiger partial charge in [0.2, 0.25) is 0 Å². The van der Waals surface area contributed by atoms with Gasteiger partial charge in [0, 0.05) is 10.9 Å². The van der Waals surface area contributed by atoms with Gasteiger partial charge in [0.05, 0.1) is 3.79 Å². The fourth-order valence-electron chi connectivity index (χ4n) is 2.69. The summed E-state index contributed by atoms with van der Waals surface area (Å²) >= 11 is 5.54. The van der Waals surface area contributed by atoms with Gasteiger partial charge in [0.15, 0.2) is 0 Å². The van der Waals surface area contributed by atoms with E-state index in [0.717, 1.165) is 5.92 Å². The van der Waals surface area contributed by atoms with E-state index in [9.17, 15) is 0 Å². The summed E-state index contributed by atoms with van der Waals surface area (Å²) in [5, 5.41) is 3.75. The molecule has 0 aromatic carbocycles. The van der Waals surface area contributed by atoms with Crippen molar-refractivity contribution in [3.63, 3.8) is 0 Å². The summed E-state index contributed by atoms with van der Waals surface area (Å²) < 4.78 is 1.29. The third-order valence-corrected chi connectivity index (χ3v) is 5.40. The first-order valence-corrected chi connectivity index (χ1v) is 8.79. The van der Waals surface area contributed by atoms with E-state index in [1.54, 1.807) is 10.4 Å². The van der Waals surface area contributed by atoms with E-state index < -0.39 is 0 Å². The van der Waals surface area contributed by atoms with Crippen LogP contribution in [0.2, 0.25) is 0 Å². The molecule has 1 heterocycles. The van der Waals surface area contributed by atoms with Gasteiger partial charge in [0.25, 0.3) is 0 Å². The lowest BCUT2D eigenvalue weighted by Gasteiger charge is -2.23. The van der Waals surface area contributed by atoms with Crippen molar-refractivity contribution in [2.45, 2.75) is 58.4 Å². The molecule has 1 aliphatic carbocycles. The average molecular weight is 330 g/mol. The molecule has 0 bridgehead atoms. The van der Waals surface area contributed by atoms with Gasteiger partial charge < -0.3 is 5.32 Å². The van der Waals surface area contributed by atoms with Crippen molar-refractivity contribution in [1.82, 2.24) is 5.32 Å². The summed E-state index contributed by atoms with van der Waals surface area (Å²) in [7, 11) is 0. The number of thiophene rings is 1. The van der Waals surface area contributed by atoms with Crippen molar-refractivity contribution in [3.05, 3.63) is 20.3 Å². The van der Waals surface area contributed by atoms with E-state index in [-0.39, 0.29) is 0 Å². The molecule has 0 amide bonds. The lowest BCUT2D eigenvalue weighted by molar-refractivity contribution is 0.444. The molecule has 0 fully saturated rings. The van der Waals surface area contributed by atoms with Crippen molar-refractivity contribution < 1.29 is 0 Å². The smallest absolute Gasteiger partial charge is 0.0704 e. The van der Waals surface area contributed by atoms with Crippen LogP contribution in [-0.2, 0) is 6.42 Å². The minimum absolute atomic E-state index is 0.607. The summed E-state index contributed by atoms with van der Waals surface area (Å²) in [6, 6.07) is 2.93. The maximum Gasteiger partial charge on any atom is 0.0704 e. The highest BCUT2D eigenvalue weighted by Crippen LogP contribution is 2.37. The Morgan fingerprint density at radius 2 is 2.28 bits per heavy atom. The molecular formula is C15H24BrNS. The molecule has 0 saturated heterocycles. The SMILES string of the molecule is CC(C)CCCCNC1CCCc2sc(Br)cc21. The summed E-state index contributed by atoms with van der Waals surface area (Å²) in [6.07, 6.45) is 7.95. The molecule has 0 radical (unpaired) electrons. The van der Waals surface area contributed by atoms with E-state index in [1.165, 1.54) is 48.9 Å². The lowest BCUT2D eigenvalue weighted by Crippen LogP contribution is -2.25. The second kappa shape index (κ2) is 7.06. The van der Waals surface area contributed by atoms with Gasteiger partial charge in [-0.3, -0.25) is 0 Å². The van der Waals surface area contributed by atoms with E-state index in [1.807, 2.05) is 11.3 Å². The Labute approximate surface area is 123 Å². The van der Waals surface area contributed by atoms with E-state index in [0.29, 0.717) is 6.04 Å². The van der Waals surface area contributed by atoms with Gasteiger partial charge in [0.1, 0.15) is 0 Å². The first-order valence-electron chi connectivity index (χ1n) is 7.18. The molecular weight excluding hydrogens is 306 g/mol. The Morgan fingerprint density at radius 1 is 1.44 bits per heavy atom. The van der Waals surface area contributed by atoms with Crippen molar-refractivity contribution in [2.75, 3.05) is 6.54 Å². The summed E-state index contributed by atoms with van der Waals surface area (Å²) in [4.78, 5) is 1.59. The highest BCUT2D eigenvalue weighted by Gasteiger charge is 2.21. The number of hydrogen-bond acceptors (Lipinski definition) is 2. The predicted octanol–water partition coefficient (Wildman–Crippen LogP) is 5.30. The fourth-order valence-corrected chi connectivity index (χ4v) is 4.51.